The van der Waals surface area contributed by atoms with E-state index in [2.05, 4.69) is 10.3 Å². The highest BCUT2D eigenvalue weighted by Gasteiger charge is 2.17. The quantitative estimate of drug-likeness (QED) is 0.724. The minimum atomic E-state index is -0.579. The minimum absolute atomic E-state index is 0.391. The molecule has 0 bridgehead atoms. The number of carbonyl (C=O) groups excluding carboxylic acids is 2. The van der Waals surface area contributed by atoms with Crippen LogP contribution in [0.3, 0.4) is 0 Å². The second kappa shape index (κ2) is 7.74. The van der Waals surface area contributed by atoms with Crippen molar-refractivity contribution in [2.75, 3.05) is 5.32 Å². The molecule has 138 valence electrons. The van der Waals surface area contributed by atoms with E-state index in [1.54, 1.807) is 42.2 Å². The lowest BCUT2D eigenvalue weighted by atomic mass is 10.1. The van der Waals surface area contributed by atoms with Crippen molar-refractivity contribution in [1.82, 2.24) is 9.55 Å². The molecule has 3 N–H and O–H groups in total. The van der Waals surface area contributed by atoms with Gasteiger partial charge in [-0.05, 0) is 24.6 Å². The molecule has 0 aliphatic carbocycles. The van der Waals surface area contributed by atoms with Gasteiger partial charge in [0, 0.05) is 18.2 Å². The van der Waals surface area contributed by atoms with Crippen LogP contribution in [0.25, 0.3) is 11.3 Å². The molecule has 3 rings (SSSR count). The summed E-state index contributed by atoms with van der Waals surface area (Å²) in [6, 6.07) is 16.2. The number of aromatic nitrogens is 2. The first-order valence-corrected chi connectivity index (χ1v) is 8.40. The van der Waals surface area contributed by atoms with Crippen LogP contribution >= 0.6 is 0 Å². The first-order valence-electron chi connectivity index (χ1n) is 8.40. The molecule has 7 heteroatoms. The Morgan fingerprint density at radius 3 is 2.41 bits per heavy atom. The minimum Gasteiger partial charge on any atom is -0.441 e. The molecule has 0 aliphatic rings. The third-order valence-corrected chi connectivity index (χ3v) is 4.15. The number of rotatable bonds is 5. The molecule has 1 unspecified atom stereocenters. The zero-order chi connectivity index (χ0) is 19.4. The molecule has 3 aromatic rings. The predicted molar refractivity (Wildman–Crippen MR) is 102 cm³/mol. The van der Waals surface area contributed by atoms with Gasteiger partial charge in [-0.2, -0.15) is 0 Å². The van der Waals surface area contributed by atoms with Crippen LogP contribution in [0.2, 0.25) is 0 Å². The normalized spacial score (nSPS) is 11.6. The number of ether oxygens (including phenoxy) is 1. The zero-order valence-electron chi connectivity index (χ0n) is 15.0. The monoisotopic (exact) mass is 364 g/mol. The number of benzene rings is 2. The van der Waals surface area contributed by atoms with Crippen molar-refractivity contribution in [2.24, 2.45) is 12.8 Å². The van der Waals surface area contributed by atoms with Crippen molar-refractivity contribution in [3.8, 4) is 11.3 Å². The molecular weight excluding hydrogens is 344 g/mol. The molecule has 0 spiro atoms. The maximum atomic E-state index is 12.3. The summed E-state index contributed by atoms with van der Waals surface area (Å²) < 4.78 is 7.14. The molecule has 1 aromatic heterocycles. The maximum absolute atomic E-state index is 12.3. The zero-order valence-corrected chi connectivity index (χ0v) is 15.0. The van der Waals surface area contributed by atoms with Crippen molar-refractivity contribution in [1.29, 1.82) is 0 Å². The molecule has 27 heavy (non-hydrogen) atoms. The van der Waals surface area contributed by atoms with Gasteiger partial charge >= 0.3 is 6.09 Å². The average Bonchev–Trinajstić information content (AvgIpc) is 3.03. The van der Waals surface area contributed by atoms with Crippen molar-refractivity contribution in [3.63, 3.8) is 0 Å². The fourth-order valence-electron chi connectivity index (χ4n) is 2.66. The molecule has 0 aliphatic heterocycles. The molecule has 0 fully saturated rings. The number of nitrogens with two attached hydrogens (primary N) is 1. The van der Waals surface area contributed by atoms with E-state index in [1.807, 2.05) is 37.3 Å². The lowest BCUT2D eigenvalue weighted by Gasteiger charge is -2.15. The molecular formula is C20H20N4O3. The van der Waals surface area contributed by atoms with E-state index in [1.165, 1.54) is 0 Å². The second-order valence-corrected chi connectivity index (χ2v) is 6.08. The van der Waals surface area contributed by atoms with Gasteiger partial charge in [-0.3, -0.25) is 10.1 Å². The Bertz CT molecular complexity index is 949. The Hall–Kier alpha value is -3.61. The summed E-state index contributed by atoms with van der Waals surface area (Å²) >= 11 is 0. The van der Waals surface area contributed by atoms with Gasteiger partial charge < -0.3 is 15.0 Å². The van der Waals surface area contributed by atoms with Crippen molar-refractivity contribution in [3.05, 3.63) is 72.1 Å². The topological polar surface area (TPSA) is 99.2 Å². The maximum Gasteiger partial charge on any atom is 0.413 e. The number of hydrogen-bond acceptors (Lipinski definition) is 4. The number of carbonyl (C=O) groups is 2. The Labute approximate surface area is 156 Å². The number of amides is 2. The summed E-state index contributed by atoms with van der Waals surface area (Å²) in [5, 5.41) is 2.74. The highest BCUT2D eigenvalue weighted by atomic mass is 16.6. The van der Waals surface area contributed by atoms with Gasteiger partial charge in [0.1, 0.15) is 17.6 Å². The SMILES string of the molecule is CC(OC(=O)Nc1c(-c2ccc(C(N)=O)cc2)ncn1C)c1ccccc1. The summed E-state index contributed by atoms with van der Waals surface area (Å²) in [6.45, 7) is 1.81. The first kappa shape index (κ1) is 18.2. The van der Waals surface area contributed by atoms with Gasteiger partial charge in [-0.25, -0.2) is 9.78 Å². The van der Waals surface area contributed by atoms with Gasteiger partial charge in [0.2, 0.25) is 5.91 Å². The van der Waals surface area contributed by atoms with Crippen LogP contribution in [-0.4, -0.2) is 21.6 Å². The van der Waals surface area contributed by atoms with Crippen molar-refractivity contribution < 1.29 is 14.3 Å². The summed E-state index contributed by atoms with van der Waals surface area (Å²) in [4.78, 5) is 27.9. The number of nitrogens with one attached hydrogen (secondary N) is 1. The molecule has 2 amide bonds. The fraction of sp³-hybridized carbons (Fsp3) is 0.150. The number of nitrogens with zero attached hydrogens (tertiary/aromatic N) is 2. The van der Waals surface area contributed by atoms with E-state index in [0.717, 1.165) is 11.1 Å². The standard InChI is InChI=1S/C20H20N4O3/c1-13(14-6-4-3-5-7-14)27-20(26)23-19-17(22-12-24(19)2)15-8-10-16(11-9-15)18(21)25/h3-13H,1-2H3,(H2,21,25)(H,23,26). The third kappa shape index (κ3) is 4.14. The van der Waals surface area contributed by atoms with Crippen LogP contribution < -0.4 is 11.1 Å². The van der Waals surface area contributed by atoms with Crippen LogP contribution in [-0.2, 0) is 11.8 Å². The number of imidazole rings is 1. The highest BCUT2D eigenvalue weighted by Crippen LogP contribution is 2.27. The highest BCUT2D eigenvalue weighted by molar-refractivity contribution is 5.94. The third-order valence-electron chi connectivity index (χ3n) is 4.15. The Balaban J connectivity index is 1.76. The molecule has 1 atom stereocenters. The van der Waals surface area contributed by atoms with Crippen molar-refractivity contribution in [2.45, 2.75) is 13.0 Å². The smallest absolute Gasteiger partial charge is 0.413 e. The molecule has 0 saturated carbocycles. The van der Waals surface area contributed by atoms with Gasteiger partial charge in [-0.15, -0.1) is 0 Å². The Morgan fingerprint density at radius 1 is 1.11 bits per heavy atom. The molecule has 1 heterocycles. The number of primary amides is 1. The van der Waals surface area contributed by atoms with Crippen LogP contribution in [0.4, 0.5) is 10.6 Å². The Morgan fingerprint density at radius 2 is 1.78 bits per heavy atom. The lowest BCUT2D eigenvalue weighted by molar-refractivity contribution is 0.1000. The van der Waals surface area contributed by atoms with Crippen LogP contribution in [0, 0.1) is 0 Å². The molecule has 7 nitrogen and oxygen atoms in total. The Kier molecular flexibility index (Phi) is 5.21. The average molecular weight is 364 g/mol. The van der Waals surface area contributed by atoms with Crippen LogP contribution in [0.15, 0.2) is 60.9 Å². The van der Waals surface area contributed by atoms with Gasteiger partial charge in [0.05, 0.1) is 6.33 Å². The predicted octanol–water partition coefficient (Wildman–Crippen LogP) is 3.50. The van der Waals surface area contributed by atoms with Crippen LogP contribution in [0.5, 0.6) is 0 Å². The van der Waals surface area contributed by atoms with E-state index in [4.69, 9.17) is 10.5 Å². The van der Waals surface area contributed by atoms with E-state index in [-0.39, 0.29) is 0 Å². The number of hydrogen-bond donors (Lipinski definition) is 2. The molecule has 0 radical (unpaired) electrons. The first-order chi connectivity index (χ1) is 13.0. The summed E-state index contributed by atoms with van der Waals surface area (Å²) in [5.41, 5.74) is 7.88. The van der Waals surface area contributed by atoms with Gasteiger partial charge in [0.25, 0.3) is 0 Å². The summed E-state index contributed by atoms with van der Waals surface area (Å²) in [6.07, 6.45) is 0.621. The van der Waals surface area contributed by atoms with Gasteiger partial charge in [-0.1, -0.05) is 42.5 Å². The van der Waals surface area contributed by atoms with Gasteiger partial charge in [0.15, 0.2) is 0 Å². The summed E-state index contributed by atoms with van der Waals surface area (Å²) in [7, 11) is 1.77. The van der Waals surface area contributed by atoms with Crippen LogP contribution in [0.1, 0.15) is 28.9 Å². The van der Waals surface area contributed by atoms with Crippen molar-refractivity contribution >= 4 is 17.8 Å². The largest absolute Gasteiger partial charge is 0.441 e. The number of anilines is 1. The number of aryl methyl sites for hydroxylation is 1. The fourth-order valence-corrected chi connectivity index (χ4v) is 2.66. The molecule has 2 aromatic carbocycles. The summed E-state index contributed by atoms with van der Waals surface area (Å²) in [5.74, 6) is -0.00789. The van der Waals surface area contributed by atoms with E-state index < -0.39 is 18.1 Å². The van der Waals surface area contributed by atoms with E-state index in [9.17, 15) is 9.59 Å². The lowest BCUT2D eigenvalue weighted by Crippen LogP contribution is -2.18. The van der Waals surface area contributed by atoms with E-state index >= 15 is 0 Å². The van der Waals surface area contributed by atoms with E-state index in [0.29, 0.717) is 17.1 Å². The molecule has 0 saturated heterocycles. The second-order valence-electron chi connectivity index (χ2n) is 6.08.